The fraction of sp³-hybridized carbons (Fsp3) is 0.500. The van der Waals surface area contributed by atoms with Crippen LogP contribution in [0.15, 0.2) is 40.1 Å². The molecule has 1 saturated heterocycles. The molecule has 4 heterocycles. The summed E-state index contributed by atoms with van der Waals surface area (Å²) in [5.41, 5.74) is 1.07. The summed E-state index contributed by atoms with van der Waals surface area (Å²) < 4.78 is 1.99. The van der Waals surface area contributed by atoms with Gasteiger partial charge in [-0.25, -0.2) is 0 Å². The van der Waals surface area contributed by atoms with Crippen molar-refractivity contribution in [1.29, 1.82) is 0 Å². The Morgan fingerprint density at radius 1 is 1.28 bits per heavy atom. The average Bonchev–Trinajstić information content (AvgIpc) is 2.69. The number of hydrogen-bond donors (Lipinski definition) is 1. The number of aromatic amines is 1. The van der Waals surface area contributed by atoms with E-state index in [1.54, 1.807) is 6.07 Å². The van der Waals surface area contributed by atoms with Gasteiger partial charge < -0.3 is 14.5 Å². The van der Waals surface area contributed by atoms with Gasteiger partial charge in [0.05, 0.1) is 5.56 Å². The van der Waals surface area contributed by atoms with E-state index in [2.05, 4.69) is 18.8 Å². The van der Waals surface area contributed by atoms with Crippen molar-refractivity contribution in [3.05, 3.63) is 67.4 Å². The molecule has 0 saturated carbocycles. The molecule has 2 aromatic heterocycles. The minimum absolute atomic E-state index is 0.0137. The Morgan fingerprint density at radius 2 is 2.07 bits per heavy atom. The third-order valence-electron chi connectivity index (χ3n) is 6.23. The lowest BCUT2D eigenvalue weighted by Crippen LogP contribution is -2.51. The summed E-state index contributed by atoms with van der Waals surface area (Å²) in [6.07, 6.45) is 4.38. The molecule has 7 heteroatoms. The zero-order valence-electron chi connectivity index (χ0n) is 16.7. The van der Waals surface area contributed by atoms with Gasteiger partial charge in [0.2, 0.25) is 0 Å². The van der Waals surface area contributed by atoms with Crippen LogP contribution in [0.5, 0.6) is 0 Å². The largest absolute Gasteiger partial charge is 0.338 e. The minimum atomic E-state index is -0.402. The molecular formula is C22H26ClN3O3. The summed E-state index contributed by atoms with van der Waals surface area (Å²) in [6, 6.07) is 7.01. The normalized spacial score (nSPS) is 23.2. The number of likely N-dealkylation sites (tertiary alicyclic amines) is 1. The van der Waals surface area contributed by atoms with Crippen molar-refractivity contribution in [3.63, 3.8) is 0 Å². The van der Waals surface area contributed by atoms with Crippen molar-refractivity contribution < 1.29 is 4.79 Å². The Morgan fingerprint density at radius 3 is 2.79 bits per heavy atom. The number of piperidine rings is 1. The fourth-order valence-corrected chi connectivity index (χ4v) is 5.02. The molecule has 29 heavy (non-hydrogen) atoms. The third kappa shape index (κ3) is 3.78. The maximum Gasteiger partial charge on any atom is 0.266 e. The number of nitrogens with one attached hydrogen (secondary N) is 1. The smallest absolute Gasteiger partial charge is 0.266 e. The summed E-state index contributed by atoms with van der Waals surface area (Å²) in [5, 5.41) is 0.0137. The molecule has 3 atom stereocenters. The molecule has 1 amide bonds. The first-order valence-electron chi connectivity index (χ1n) is 10.2. The van der Waals surface area contributed by atoms with Crippen LogP contribution in [-0.4, -0.2) is 33.4 Å². The van der Waals surface area contributed by atoms with Crippen molar-refractivity contribution in [3.8, 4) is 0 Å². The fourth-order valence-electron chi connectivity index (χ4n) is 4.84. The molecule has 0 radical (unpaired) electrons. The molecule has 4 rings (SSSR count). The van der Waals surface area contributed by atoms with Gasteiger partial charge in [-0.3, -0.25) is 14.4 Å². The molecule has 0 aliphatic carbocycles. The van der Waals surface area contributed by atoms with E-state index in [0.29, 0.717) is 24.6 Å². The van der Waals surface area contributed by atoms with Crippen molar-refractivity contribution in [2.75, 3.05) is 13.1 Å². The number of fused-ring (bicyclic) bond motifs is 4. The number of halogens is 1. The topological polar surface area (TPSA) is 75.2 Å². The zero-order chi connectivity index (χ0) is 20.7. The van der Waals surface area contributed by atoms with Gasteiger partial charge in [-0.05, 0) is 43.2 Å². The summed E-state index contributed by atoms with van der Waals surface area (Å²) in [4.78, 5) is 41.7. The van der Waals surface area contributed by atoms with Crippen LogP contribution in [-0.2, 0) is 0 Å². The number of aromatic nitrogens is 2. The van der Waals surface area contributed by atoms with E-state index in [9.17, 15) is 14.4 Å². The van der Waals surface area contributed by atoms with Gasteiger partial charge in [0.25, 0.3) is 17.0 Å². The summed E-state index contributed by atoms with van der Waals surface area (Å²) in [6.45, 7) is 5.55. The first-order valence-corrected chi connectivity index (χ1v) is 10.6. The zero-order valence-corrected chi connectivity index (χ0v) is 17.5. The lowest BCUT2D eigenvalue weighted by atomic mass is 9.76. The van der Waals surface area contributed by atoms with Crippen LogP contribution in [0.1, 0.15) is 61.1 Å². The molecule has 2 bridgehead atoms. The first-order chi connectivity index (χ1) is 13.8. The number of rotatable bonds is 4. The van der Waals surface area contributed by atoms with Crippen LogP contribution in [0.4, 0.5) is 0 Å². The predicted octanol–water partition coefficient (Wildman–Crippen LogP) is 3.43. The average molecular weight is 416 g/mol. The standard InChI is InChI=1S/C22H26ClN3O3/c1-13(2)6-7-19-16-8-15(18-4-3-5-20(27)26(18)19)11-25(12-16)22(29)14-9-17(23)21(28)24-10-14/h3-5,9-10,13,15-16,19H,6-8,11-12H2,1-2H3,(H,24,28)/t15-,16+,19+/m1/s1. The Bertz CT molecular complexity index is 1040. The van der Waals surface area contributed by atoms with E-state index in [4.69, 9.17) is 11.6 Å². The highest BCUT2D eigenvalue weighted by molar-refractivity contribution is 6.30. The number of amides is 1. The van der Waals surface area contributed by atoms with E-state index < -0.39 is 5.56 Å². The van der Waals surface area contributed by atoms with Crippen LogP contribution in [0, 0.1) is 11.8 Å². The van der Waals surface area contributed by atoms with E-state index in [1.165, 1.54) is 12.3 Å². The number of H-pyrrole nitrogens is 1. The van der Waals surface area contributed by atoms with Crippen molar-refractivity contribution in [1.82, 2.24) is 14.5 Å². The van der Waals surface area contributed by atoms with E-state index in [1.807, 2.05) is 21.6 Å². The Kier molecular flexibility index (Phi) is 5.38. The molecule has 2 aliphatic rings. The highest BCUT2D eigenvalue weighted by atomic mass is 35.5. The number of carbonyl (C=O) groups excluding carboxylic acids is 1. The summed E-state index contributed by atoms with van der Waals surface area (Å²) in [7, 11) is 0. The van der Waals surface area contributed by atoms with Gasteiger partial charge >= 0.3 is 0 Å². The van der Waals surface area contributed by atoms with Gasteiger partial charge in [0.1, 0.15) is 5.02 Å². The second-order valence-corrected chi connectivity index (χ2v) is 9.07. The molecule has 2 aliphatic heterocycles. The van der Waals surface area contributed by atoms with Crippen LogP contribution in [0.3, 0.4) is 0 Å². The van der Waals surface area contributed by atoms with Crippen molar-refractivity contribution in [2.45, 2.75) is 45.1 Å². The molecule has 0 unspecified atom stereocenters. The minimum Gasteiger partial charge on any atom is -0.338 e. The van der Waals surface area contributed by atoms with Crippen molar-refractivity contribution in [2.24, 2.45) is 11.8 Å². The predicted molar refractivity (Wildman–Crippen MR) is 113 cm³/mol. The van der Waals surface area contributed by atoms with E-state index in [0.717, 1.165) is 25.0 Å². The monoisotopic (exact) mass is 415 g/mol. The Hall–Kier alpha value is -2.34. The van der Waals surface area contributed by atoms with E-state index in [-0.39, 0.29) is 34.4 Å². The summed E-state index contributed by atoms with van der Waals surface area (Å²) in [5.74, 6) is 0.801. The third-order valence-corrected chi connectivity index (χ3v) is 6.51. The number of pyridine rings is 2. The van der Waals surface area contributed by atoms with Gasteiger partial charge in [-0.15, -0.1) is 0 Å². The maximum absolute atomic E-state index is 13.1. The Balaban J connectivity index is 1.67. The lowest BCUT2D eigenvalue weighted by Gasteiger charge is -2.47. The maximum atomic E-state index is 13.1. The first kappa shape index (κ1) is 20.0. The number of carbonyl (C=O) groups is 1. The van der Waals surface area contributed by atoms with Crippen LogP contribution >= 0.6 is 11.6 Å². The SMILES string of the molecule is CC(C)CC[C@H]1[C@H]2C[C@H](CN(C(=O)c3c[nH]c(=O)c(Cl)c3)C2)c2cccc(=O)n21. The van der Waals surface area contributed by atoms with Crippen LogP contribution < -0.4 is 11.1 Å². The molecule has 6 nitrogen and oxygen atoms in total. The van der Waals surface area contributed by atoms with Crippen LogP contribution in [0.2, 0.25) is 5.02 Å². The van der Waals surface area contributed by atoms with Gasteiger partial charge in [0, 0.05) is 43.0 Å². The van der Waals surface area contributed by atoms with Gasteiger partial charge in [0.15, 0.2) is 0 Å². The number of nitrogens with zero attached hydrogens (tertiary/aromatic N) is 2. The quantitative estimate of drug-likeness (QED) is 0.831. The lowest BCUT2D eigenvalue weighted by molar-refractivity contribution is 0.0513. The van der Waals surface area contributed by atoms with Crippen molar-refractivity contribution >= 4 is 17.5 Å². The Labute approximate surface area is 174 Å². The van der Waals surface area contributed by atoms with E-state index >= 15 is 0 Å². The highest BCUT2D eigenvalue weighted by Gasteiger charge is 2.41. The molecule has 0 aromatic carbocycles. The second kappa shape index (κ2) is 7.82. The molecule has 2 aromatic rings. The molecule has 1 fully saturated rings. The number of hydrogen-bond acceptors (Lipinski definition) is 3. The molecule has 154 valence electrons. The molecule has 0 spiro atoms. The molecule has 1 N–H and O–H groups in total. The second-order valence-electron chi connectivity index (χ2n) is 8.67. The highest BCUT2D eigenvalue weighted by Crippen LogP contribution is 2.43. The van der Waals surface area contributed by atoms with Gasteiger partial charge in [-0.2, -0.15) is 0 Å². The van der Waals surface area contributed by atoms with Crippen LogP contribution in [0.25, 0.3) is 0 Å². The summed E-state index contributed by atoms with van der Waals surface area (Å²) >= 11 is 5.92. The van der Waals surface area contributed by atoms with Gasteiger partial charge in [-0.1, -0.05) is 31.5 Å². The molecular weight excluding hydrogens is 390 g/mol.